The number of hydrogen-bond acceptors (Lipinski definition) is 4. The average molecular weight is 295 g/mol. The van der Waals surface area contributed by atoms with Crippen LogP contribution in [0.1, 0.15) is 25.3 Å². The Morgan fingerprint density at radius 3 is 2.18 bits per heavy atom. The van der Waals surface area contributed by atoms with Gasteiger partial charge in [-0.15, -0.1) is 0 Å². The van der Waals surface area contributed by atoms with Gasteiger partial charge in [0.2, 0.25) is 0 Å². The number of rotatable bonds is 3. The van der Waals surface area contributed by atoms with Crippen LogP contribution in [0.4, 0.5) is 0 Å². The van der Waals surface area contributed by atoms with Crippen molar-refractivity contribution in [1.82, 2.24) is 15.2 Å². The predicted molar refractivity (Wildman–Crippen MR) is 84.7 cm³/mol. The number of aromatic hydroxyl groups is 2. The molecule has 3 rings (SSSR count). The minimum atomic E-state index is 0.0288. The lowest BCUT2D eigenvalue weighted by molar-refractivity contribution is 0.434. The summed E-state index contributed by atoms with van der Waals surface area (Å²) in [7, 11) is 0. The SMILES string of the molecule is CC(C)c1c(O)cc(-c2n[nH]c(-c3ccccc3)n2)cc1O. The van der Waals surface area contributed by atoms with Gasteiger partial charge in [0.05, 0.1) is 0 Å². The molecule has 2 aromatic carbocycles. The molecule has 0 aliphatic carbocycles. The quantitative estimate of drug-likeness (QED) is 0.688. The Bertz CT molecular complexity index is 772. The fourth-order valence-corrected chi connectivity index (χ4v) is 2.46. The molecule has 1 aromatic heterocycles. The van der Waals surface area contributed by atoms with Gasteiger partial charge >= 0.3 is 0 Å². The van der Waals surface area contributed by atoms with Gasteiger partial charge < -0.3 is 10.2 Å². The lowest BCUT2D eigenvalue weighted by Crippen LogP contribution is -1.91. The molecule has 5 nitrogen and oxygen atoms in total. The molecule has 112 valence electrons. The van der Waals surface area contributed by atoms with Crippen LogP contribution in [0.5, 0.6) is 11.5 Å². The topological polar surface area (TPSA) is 82.0 Å². The summed E-state index contributed by atoms with van der Waals surface area (Å²) in [6, 6.07) is 12.8. The summed E-state index contributed by atoms with van der Waals surface area (Å²) >= 11 is 0. The second-order valence-corrected chi connectivity index (χ2v) is 5.46. The molecule has 0 aliphatic heterocycles. The monoisotopic (exact) mass is 295 g/mol. The van der Waals surface area contributed by atoms with E-state index in [1.54, 1.807) is 12.1 Å². The van der Waals surface area contributed by atoms with Gasteiger partial charge in [-0.3, -0.25) is 5.10 Å². The molecular formula is C17H17N3O2. The summed E-state index contributed by atoms with van der Waals surface area (Å²) in [6.45, 7) is 3.82. The van der Waals surface area contributed by atoms with E-state index in [0.29, 0.717) is 22.8 Å². The number of aromatic amines is 1. The Kier molecular flexibility index (Phi) is 3.55. The molecule has 0 saturated carbocycles. The van der Waals surface area contributed by atoms with Crippen LogP contribution < -0.4 is 0 Å². The largest absolute Gasteiger partial charge is 0.507 e. The molecule has 22 heavy (non-hydrogen) atoms. The Morgan fingerprint density at radius 2 is 1.59 bits per heavy atom. The van der Waals surface area contributed by atoms with Crippen LogP contribution >= 0.6 is 0 Å². The van der Waals surface area contributed by atoms with E-state index in [2.05, 4.69) is 15.2 Å². The minimum Gasteiger partial charge on any atom is -0.507 e. The van der Waals surface area contributed by atoms with Gasteiger partial charge in [-0.1, -0.05) is 44.2 Å². The molecule has 0 aliphatic rings. The fraction of sp³-hybridized carbons (Fsp3) is 0.176. The second kappa shape index (κ2) is 5.52. The van der Waals surface area contributed by atoms with Gasteiger partial charge in [0.25, 0.3) is 0 Å². The first kappa shape index (κ1) is 14.1. The van der Waals surface area contributed by atoms with Crippen LogP contribution in [-0.2, 0) is 0 Å². The van der Waals surface area contributed by atoms with Crippen molar-refractivity contribution in [3.05, 3.63) is 48.0 Å². The number of aromatic nitrogens is 3. The Morgan fingerprint density at radius 1 is 0.955 bits per heavy atom. The molecule has 0 unspecified atom stereocenters. The summed E-state index contributed by atoms with van der Waals surface area (Å²) in [5.74, 6) is 1.20. The molecule has 0 fully saturated rings. The number of phenols is 2. The van der Waals surface area contributed by atoms with Gasteiger partial charge in [0.1, 0.15) is 11.5 Å². The van der Waals surface area contributed by atoms with Crippen molar-refractivity contribution in [3.63, 3.8) is 0 Å². The van der Waals surface area contributed by atoms with Crippen molar-refractivity contribution < 1.29 is 10.2 Å². The van der Waals surface area contributed by atoms with Crippen LogP contribution in [0.25, 0.3) is 22.8 Å². The van der Waals surface area contributed by atoms with E-state index < -0.39 is 0 Å². The Hall–Kier alpha value is -2.82. The Balaban J connectivity index is 2.01. The smallest absolute Gasteiger partial charge is 0.181 e. The van der Waals surface area contributed by atoms with E-state index in [4.69, 9.17) is 0 Å². The van der Waals surface area contributed by atoms with Crippen molar-refractivity contribution >= 4 is 0 Å². The zero-order valence-corrected chi connectivity index (χ0v) is 12.4. The van der Waals surface area contributed by atoms with Crippen LogP contribution in [0, 0.1) is 0 Å². The Labute approximate surface area is 128 Å². The fourth-order valence-electron chi connectivity index (χ4n) is 2.46. The molecule has 0 radical (unpaired) electrons. The molecular weight excluding hydrogens is 278 g/mol. The van der Waals surface area contributed by atoms with Crippen LogP contribution in [-0.4, -0.2) is 25.4 Å². The van der Waals surface area contributed by atoms with Crippen molar-refractivity contribution in [2.24, 2.45) is 0 Å². The highest BCUT2D eigenvalue weighted by molar-refractivity contribution is 5.66. The highest BCUT2D eigenvalue weighted by atomic mass is 16.3. The summed E-state index contributed by atoms with van der Waals surface area (Å²) in [4.78, 5) is 4.42. The summed E-state index contributed by atoms with van der Waals surface area (Å²) in [5.41, 5.74) is 2.02. The average Bonchev–Trinajstić information content (AvgIpc) is 2.97. The van der Waals surface area contributed by atoms with Crippen LogP contribution in [0.15, 0.2) is 42.5 Å². The maximum absolute atomic E-state index is 10.1. The lowest BCUT2D eigenvalue weighted by atomic mass is 9.99. The minimum absolute atomic E-state index is 0.0288. The van der Waals surface area contributed by atoms with Crippen molar-refractivity contribution in [2.75, 3.05) is 0 Å². The van der Waals surface area contributed by atoms with E-state index in [1.165, 1.54) is 0 Å². The van der Waals surface area contributed by atoms with Gasteiger partial charge in [0.15, 0.2) is 11.6 Å². The van der Waals surface area contributed by atoms with E-state index in [1.807, 2.05) is 44.2 Å². The van der Waals surface area contributed by atoms with Crippen LogP contribution in [0.2, 0.25) is 0 Å². The standard InChI is InChI=1S/C17H17N3O2/c1-10(2)15-13(21)8-12(9-14(15)22)17-18-16(19-20-17)11-6-4-3-5-7-11/h3-10,21-22H,1-2H3,(H,18,19,20). The molecule has 3 N–H and O–H groups in total. The second-order valence-electron chi connectivity index (χ2n) is 5.46. The first-order valence-electron chi connectivity index (χ1n) is 7.10. The molecule has 0 spiro atoms. The summed E-state index contributed by atoms with van der Waals surface area (Å²) in [5, 5.41) is 27.2. The highest BCUT2D eigenvalue weighted by Gasteiger charge is 2.16. The van der Waals surface area contributed by atoms with E-state index in [9.17, 15) is 10.2 Å². The number of nitrogens with zero attached hydrogens (tertiary/aromatic N) is 2. The van der Waals surface area contributed by atoms with Gasteiger partial charge in [0, 0.05) is 16.7 Å². The van der Waals surface area contributed by atoms with Crippen molar-refractivity contribution in [2.45, 2.75) is 19.8 Å². The zero-order chi connectivity index (χ0) is 15.7. The third kappa shape index (κ3) is 2.53. The van der Waals surface area contributed by atoms with E-state index in [0.717, 1.165) is 5.56 Å². The normalized spacial score (nSPS) is 11.0. The maximum atomic E-state index is 10.1. The molecule has 1 heterocycles. The van der Waals surface area contributed by atoms with Gasteiger partial charge in [-0.05, 0) is 18.1 Å². The number of nitrogens with one attached hydrogen (secondary N) is 1. The molecule has 0 amide bonds. The highest BCUT2D eigenvalue weighted by Crippen LogP contribution is 2.37. The molecule has 0 saturated heterocycles. The van der Waals surface area contributed by atoms with E-state index in [-0.39, 0.29) is 17.4 Å². The molecule has 5 heteroatoms. The van der Waals surface area contributed by atoms with Crippen LogP contribution in [0.3, 0.4) is 0 Å². The molecule has 3 aromatic rings. The lowest BCUT2D eigenvalue weighted by Gasteiger charge is -2.11. The van der Waals surface area contributed by atoms with Gasteiger partial charge in [-0.2, -0.15) is 5.10 Å². The van der Waals surface area contributed by atoms with Gasteiger partial charge in [-0.25, -0.2) is 4.98 Å². The first-order chi connectivity index (χ1) is 10.6. The zero-order valence-electron chi connectivity index (χ0n) is 12.4. The molecule has 0 bridgehead atoms. The van der Waals surface area contributed by atoms with Crippen molar-refractivity contribution in [3.8, 4) is 34.3 Å². The predicted octanol–water partition coefficient (Wildman–Crippen LogP) is 3.67. The number of benzene rings is 2. The van der Waals surface area contributed by atoms with E-state index >= 15 is 0 Å². The van der Waals surface area contributed by atoms with Crippen molar-refractivity contribution in [1.29, 1.82) is 0 Å². The number of H-pyrrole nitrogens is 1. The number of hydrogen-bond donors (Lipinski definition) is 3. The third-order valence-electron chi connectivity index (χ3n) is 3.50. The number of phenolic OH excluding ortho intramolecular Hbond substituents is 2. The summed E-state index contributed by atoms with van der Waals surface area (Å²) in [6.07, 6.45) is 0. The molecule has 0 atom stereocenters. The summed E-state index contributed by atoms with van der Waals surface area (Å²) < 4.78 is 0. The maximum Gasteiger partial charge on any atom is 0.181 e. The first-order valence-corrected chi connectivity index (χ1v) is 7.10. The third-order valence-corrected chi connectivity index (χ3v) is 3.50.